The highest BCUT2D eigenvalue weighted by molar-refractivity contribution is 7.86. The average molecular weight is 839 g/mol. The summed E-state index contributed by atoms with van der Waals surface area (Å²) >= 11 is 0. The zero-order chi connectivity index (χ0) is 40.8. The molecular weight excluding hydrogens is 813 g/mol. The van der Waals surface area contributed by atoms with Crippen LogP contribution in [0.2, 0.25) is 0 Å². The van der Waals surface area contributed by atoms with Crippen molar-refractivity contribution in [2.75, 3.05) is 11.5 Å². The molecule has 8 N–H and O–H groups in total. The van der Waals surface area contributed by atoms with Gasteiger partial charge in [-0.3, -0.25) is 18.2 Å². The zero-order valence-corrected chi connectivity index (χ0v) is 31.3. The van der Waals surface area contributed by atoms with Crippen LogP contribution in [0.25, 0.3) is 33.7 Å². The van der Waals surface area contributed by atoms with Crippen molar-refractivity contribution in [3.8, 4) is 0 Å². The van der Waals surface area contributed by atoms with Crippen molar-refractivity contribution in [2.24, 2.45) is 20.5 Å². The lowest BCUT2D eigenvalue weighted by Crippen LogP contribution is -2.01. The van der Waals surface area contributed by atoms with Crippen molar-refractivity contribution in [1.82, 2.24) is 0 Å². The van der Waals surface area contributed by atoms with E-state index >= 15 is 0 Å². The van der Waals surface area contributed by atoms with Crippen LogP contribution in [0, 0.1) is 0 Å². The van der Waals surface area contributed by atoms with Gasteiger partial charge in [0.1, 0.15) is 21.2 Å². The Labute approximate surface area is 318 Å². The molecule has 6 rings (SSSR count). The lowest BCUT2D eigenvalue weighted by molar-refractivity contribution is 0.480. The van der Waals surface area contributed by atoms with Gasteiger partial charge in [0.2, 0.25) is 0 Å². The minimum Gasteiger partial charge on any atom is -0.396 e. The number of azo groups is 2. The highest BCUT2D eigenvalue weighted by Crippen LogP contribution is 2.36. The molecule has 0 saturated heterocycles. The number of rotatable bonds is 10. The van der Waals surface area contributed by atoms with Gasteiger partial charge in [0, 0.05) is 10.8 Å². The Morgan fingerprint density at radius 2 is 0.804 bits per heavy atom. The fraction of sp³-hybridized carbons (Fsp3) is 0. The quantitative estimate of drug-likeness (QED) is 0.0345. The maximum Gasteiger partial charge on any atom is 0.295 e. The molecule has 22 heteroatoms. The van der Waals surface area contributed by atoms with E-state index in [2.05, 4.69) is 20.5 Å². The van der Waals surface area contributed by atoms with Gasteiger partial charge in [-0.05, 0) is 82.6 Å². The lowest BCUT2D eigenvalue weighted by Gasteiger charge is -2.08. The van der Waals surface area contributed by atoms with E-state index < -0.39 is 50.3 Å². The van der Waals surface area contributed by atoms with E-state index in [4.69, 9.17) is 11.5 Å². The maximum atomic E-state index is 12.4. The Kier molecular flexibility index (Phi) is 10.3. The van der Waals surface area contributed by atoms with Crippen molar-refractivity contribution in [1.29, 1.82) is 0 Å². The maximum absolute atomic E-state index is 12.4. The number of benzene rings is 6. The van der Waals surface area contributed by atoms with Gasteiger partial charge in [0.25, 0.3) is 40.5 Å². The molecule has 0 fully saturated rings. The van der Waals surface area contributed by atoms with Gasteiger partial charge in [0.05, 0.1) is 32.5 Å². The van der Waals surface area contributed by atoms with Crippen molar-refractivity contribution in [2.45, 2.75) is 19.6 Å². The zero-order valence-electron chi connectivity index (χ0n) is 28.0. The van der Waals surface area contributed by atoms with Crippen LogP contribution < -0.4 is 11.5 Å². The predicted molar refractivity (Wildman–Crippen MR) is 206 cm³/mol. The first-order valence-corrected chi connectivity index (χ1v) is 21.2. The average Bonchev–Trinajstić information content (AvgIpc) is 3.12. The third-order valence-corrected chi connectivity index (χ3v) is 11.7. The van der Waals surface area contributed by atoms with Crippen molar-refractivity contribution in [3.05, 3.63) is 108 Å². The van der Waals surface area contributed by atoms with Crippen LogP contribution in [0.4, 0.5) is 34.1 Å². The summed E-state index contributed by atoms with van der Waals surface area (Å²) in [5, 5.41) is 17.6. The van der Waals surface area contributed by atoms with E-state index in [9.17, 15) is 51.9 Å². The highest BCUT2D eigenvalue weighted by Gasteiger charge is 2.19. The van der Waals surface area contributed by atoms with Crippen molar-refractivity contribution in [3.63, 3.8) is 0 Å². The molecule has 288 valence electrons. The Hall–Kier alpha value is -5.98. The van der Waals surface area contributed by atoms with Gasteiger partial charge in [-0.2, -0.15) is 43.9 Å². The number of anilines is 2. The van der Waals surface area contributed by atoms with Crippen LogP contribution in [0.5, 0.6) is 0 Å². The summed E-state index contributed by atoms with van der Waals surface area (Å²) in [5.41, 5.74) is 12.5. The third kappa shape index (κ3) is 8.61. The summed E-state index contributed by atoms with van der Waals surface area (Å²) in [4.78, 5) is -1.94. The van der Waals surface area contributed by atoms with Gasteiger partial charge >= 0.3 is 0 Å². The van der Waals surface area contributed by atoms with Crippen molar-refractivity contribution >= 4 is 108 Å². The first-order chi connectivity index (χ1) is 26.1. The smallest absolute Gasteiger partial charge is 0.295 e. The summed E-state index contributed by atoms with van der Waals surface area (Å²) in [6.45, 7) is 0. The van der Waals surface area contributed by atoms with E-state index in [0.29, 0.717) is 21.5 Å². The molecule has 6 aromatic rings. The lowest BCUT2D eigenvalue weighted by atomic mass is 10.1. The SMILES string of the molecule is Nc1c(N=Nc2ccc(C=Cc3ccc(N=Nc4ccc5cc(S(=O)(=O)O)ccc5c4N)cc3S(=O)(=O)O)c(S(=O)(=O)O)c2)ccc2cc(S(=O)(=O)O)ccc12. The Balaban J connectivity index is 1.28. The monoisotopic (exact) mass is 838 g/mol. The first-order valence-electron chi connectivity index (χ1n) is 15.4. The van der Waals surface area contributed by atoms with E-state index in [0.717, 1.165) is 24.3 Å². The van der Waals surface area contributed by atoms with Gasteiger partial charge in [-0.15, -0.1) is 10.2 Å². The van der Waals surface area contributed by atoms with E-state index in [-0.39, 0.29) is 55.0 Å². The number of nitrogen functional groups attached to an aromatic ring is 2. The largest absolute Gasteiger partial charge is 0.396 e. The molecule has 0 spiro atoms. The van der Waals surface area contributed by atoms with E-state index in [1.54, 1.807) is 0 Å². The summed E-state index contributed by atoms with van der Waals surface area (Å²) in [6.07, 6.45) is 2.33. The molecule has 0 aliphatic heterocycles. The van der Waals surface area contributed by atoms with Gasteiger partial charge in [-0.1, -0.05) is 48.6 Å². The second-order valence-electron chi connectivity index (χ2n) is 11.8. The topological polar surface area (TPSA) is 319 Å². The molecule has 0 amide bonds. The Morgan fingerprint density at radius 1 is 0.429 bits per heavy atom. The predicted octanol–water partition coefficient (Wildman–Crippen LogP) is 7.15. The summed E-state index contributed by atoms with van der Waals surface area (Å²) in [6, 6.07) is 20.4. The van der Waals surface area contributed by atoms with Crippen molar-refractivity contribution < 1.29 is 51.9 Å². The van der Waals surface area contributed by atoms with Gasteiger partial charge < -0.3 is 11.5 Å². The van der Waals surface area contributed by atoms with Gasteiger partial charge in [-0.25, -0.2) is 0 Å². The third-order valence-electron chi connectivity index (χ3n) is 8.15. The molecule has 0 aliphatic carbocycles. The second kappa shape index (κ2) is 14.6. The van der Waals surface area contributed by atoms with Crippen LogP contribution in [0.15, 0.2) is 137 Å². The Bertz CT molecular complexity index is 2960. The fourth-order valence-electron chi connectivity index (χ4n) is 5.43. The number of hydrogen-bond donors (Lipinski definition) is 6. The standard InChI is InChI=1S/C34H26N6O12S4/c35-33-27-11-9-25(53(41,42)43)15-21(27)5-13-29(33)39-37-23-7-3-19(31(17-23)55(47,48)49)1-2-20-4-8-24(18-32(20)56(50,51)52)38-40-30-14-6-22-16-26(54(44,45)46)10-12-28(22)34(30)36/h1-18H,35-36H2,(H,41,42,43)(H,44,45,46)(H,47,48,49)(H,50,51,52). The normalized spacial score (nSPS) is 13.1. The van der Waals surface area contributed by atoms with Crippen LogP contribution in [0.3, 0.4) is 0 Å². The summed E-state index contributed by atoms with van der Waals surface area (Å²) < 4.78 is 134. The van der Waals surface area contributed by atoms with Crippen LogP contribution in [-0.4, -0.2) is 51.9 Å². The number of nitrogens with zero attached hydrogens (tertiary/aromatic N) is 4. The Morgan fingerprint density at radius 3 is 1.14 bits per heavy atom. The molecule has 0 aromatic heterocycles. The minimum absolute atomic E-state index is 0.0424. The molecule has 0 aliphatic rings. The van der Waals surface area contributed by atoms with E-state index in [1.165, 1.54) is 84.9 Å². The number of hydrogen-bond acceptors (Lipinski definition) is 14. The molecule has 6 aromatic carbocycles. The van der Waals surface area contributed by atoms with Crippen LogP contribution in [0.1, 0.15) is 11.1 Å². The summed E-state index contributed by atoms with van der Waals surface area (Å²) in [5.74, 6) is 0. The highest BCUT2D eigenvalue weighted by atomic mass is 32.2. The molecule has 0 saturated carbocycles. The molecule has 0 unspecified atom stereocenters. The minimum atomic E-state index is -4.89. The molecule has 56 heavy (non-hydrogen) atoms. The number of fused-ring (bicyclic) bond motifs is 2. The summed E-state index contributed by atoms with van der Waals surface area (Å²) in [7, 11) is -18.7. The van der Waals surface area contributed by atoms with E-state index in [1.807, 2.05) is 0 Å². The molecular formula is C34H26N6O12S4. The molecule has 0 atom stereocenters. The molecule has 0 radical (unpaired) electrons. The fourth-order valence-corrected chi connectivity index (χ4v) is 7.87. The van der Waals surface area contributed by atoms with Gasteiger partial charge in [0.15, 0.2) is 0 Å². The molecule has 0 heterocycles. The number of nitrogens with two attached hydrogens (primary N) is 2. The molecule has 18 nitrogen and oxygen atoms in total. The second-order valence-corrected chi connectivity index (χ2v) is 17.5. The first kappa shape index (κ1) is 39.7. The molecule has 0 bridgehead atoms. The van der Waals surface area contributed by atoms with Crippen LogP contribution >= 0.6 is 0 Å². The van der Waals surface area contributed by atoms with Crippen LogP contribution in [-0.2, 0) is 40.5 Å².